The lowest BCUT2D eigenvalue weighted by molar-refractivity contribution is -0.142. The van der Waals surface area contributed by atoms with Crippen LogP contribution in [0.4, 0.5) is 18.9 Å². The van der Waals surface area contributed by atoms with Gasteiger partial charge in [0.25, 0.3) is 5.91 Å². The van der Waals surface area contributed by atoms with Crippen molar-refractivity contribution in [2.45, 2.75) is 50.6 Å². The number of aromatic nitrogens is 1. The van der Waals surface area contributed by atoms with E-state index < -0.39 is 17.6 Å². The molecule has 3 aromatic rings. The van der Waals surface area contributed by atoms with Crippen molar-refractivity contribution in [3.63, 3.8) is 0 Å². The smallest absolute Gasteiger partial charge is 0.417 e. The van der Waals surface area contributed by atoms with Gasteiger partial charge in [-0.15, -0.1) is 0 Å². The molecular weight excluding hydrogens is 527 g/mol. The Kier molecular flexibility index (Phi) is 9.23. The third-order valence-electron chi connectivity index (χ3n) is 7.07. The predicted molar refractivity (Wildman–Crippen MR) is 140 cm³/mol. The molecule has 8 nitrogen and oxygen atoms in total. The van der Waals surface area contributed by atoms with Crippen LogP contribution in [-0.2, 0) is 20.5 Å². The molecule has 0 spiro atoms. The Hall–Kier alpha value is -4.15. The highest BCUT2D eigenvalue weighted by molar-refractivity contribution is 5.94. The number of carbonyl (C=O) groups is 3. The van der Waals surface area contributed by atoms with Crippen LogP contribution in [0.15, 0.2) is 59.1 Å². The molecule has 2 N–H and O–H groups in total. The predicted octanol–water partition coefficient (Wildman–Crippen LogP) is 5.96. The molecule has 1 aliphatic carbocycles. The Morgan fingerprint density at radius 3 is 2.40 bits per heavy atom. The number of hydrogen-bond acceptors (Lipinski definition) is 6. The van der Waals surface area contributed by atoms with Crippen LogP contribution in [-0.4, -0.2) is 36.6 Å². The third kappa shape index (κ3) is 7.49. The molecule has 2 amide bonds. The Morgan fingerprint density at radius 1 is 1.02 bits per heavy atom. The minimum Gasteiger partial charge on any atom is -0.469 e. The summed E-state index contributed by atoms with van der Waals surface area (Å²) in [6, 6.07) is 13.6. The van der Waals surface area contributed by atoms with Crippen molar-refractivity contribution in [2.75, 3.05) is 19.0 Å². The summed E-state index contributed by atoms with van der Waals surface area (Å²) in [6.07, 6.45) is -0.208. The van der Waals surface area contributed by atoms with Crippen LogP contribution >= 0.6 is 0 Å². The summed E-state index contributed by atoms with van der Waals surface area (Å²) in [4.78, 5) is 36.2. The normalized spacial score (nSPS) is 17.2. The zero-order valence-electron chi connectivity index (χ0n) is 21.9. The fourth-order valence-corrected chi connectivity index (χ4v) is 4.92. The van der Waals surface area contributed by atoms with Gasteiger partial charge >= 0.3 is 12.1 Å². The molecule has 1 aromatic heterocycles. The van der Waals surface area contributed by atoms with E-state index in [2.05, 4.69) is 15.8 Å². The number of rotatable bonds is 9. The number of benzene rings is 2. The van der Waals surface area contributed by atoms with Crippen molar-refractivity contribution in [2.24, 2.45) is 5.92 Å². The van der Waals surface area contributed by atoms with Crippen molar-refractivity contribution >= 4 is 23.5 Å². The number of ether oxygens (including phenoxy) is 1. The third-order valence-corrected chi connectivity index (χ3v) is 7.07. The molecule has 0 saturated heterocycles. The molecule has 0 unspecified atom stereocenters. The first-order valence-corrected chi connectivity index (χ1v) is 13.0. The first kappa shape index (κ1) is 28.8. The van der Waals surface area contributed by atoms with Gasteiger partial charge in [-0.3, -0.25) is 14.4 Å². The number of nitrogens with zero attached hydrogens (tertiary/aromatic N) is 1. The van der Waals surface area contributed by atoms with Gasteiger partial charge in [-0.25, -0.2) is 0 Å². The number of hydrogen-bond donors (Lipinski definition) is 2. The van der Waals surface area contributed by atoms with E-state index in [4.69, 9.17) is 9.26 Å². The Balaban J connectivity index is 1.22. The van der Waals surface area contributed by atoms with Crippen LogP contribution in [0.1, 0.15) is 66.1 Å². The van der Waals surface area contributed by atoms with Gasteiger partial charge in [0.05, 0.1) is 12.7 Å². The summed E-state index contributed by atoms with van der Waals surface area (Å²) >= 11 is 0. The molecule has 11 heteroatoms. The quantitative estimate of drug-likeness (QED) is 0.315. The number of halogens is 3. The molecule has 0 radical (unpaired) electrons. The van der Waals surface area contributed by atoms with Crippen LogP contribution in [0.2, 0.25) is 0 Å². The second-order valence-corrected chi connectivity index (χ2v) is 9.79. The monoisotopic (exact) mass is 557 g/mol. The molecule has 1 fully saturated rings. The zero-order valence-corrected chi connectivity index (χ0v) is 21.9. The van der Waals surface area contributed by atoms with Gasteiger partial charge < -0.3 is 19.9 Å². The van der Waals surface area contributed by atoms with Crippen molar-refractivity contribution in [1.82, 2.24) is 10.5 Å². The highest BCUT2D eigenvalue weighted by Crippen LogP contribution is 2.38. The van der Waals surface area contributed by atoms with Crippen molar-refractivity contribution < 1.29 is 36.8 Å². The van der Waals surface area contributed by atoms with Crippen LogP contribution < -0.4 is 10.6 Å². The average Bonchev–Trinajstić information content (AvgIpc) is 3.44. The molecule has 0 atom stereocenters. The number of amides is 2. The average molecular weight is 558 g/mol. The number of methoxy groups -OCH3 is 1. The summed E-state index contributed by atoms with van der Waals surface area (Å²) in [5.41, 5.74) is 0.502. The first-order chi connectivity index (χ1) is 19.1. The van der Waals surface area contributed by atoms with Gasteiger partial charge in [0.1, 0.15) is 0 Å². The summed E-state index contributed by atoms with van der Waals surface area (Å²) in [5.74, 6) is -0.558. The SMILES string of the molecule is COC(=O)C[C@H]1CC[C@H](c2ccc(NC(=O)CCNC(=O)c3cc(-c4ccccc4C(F)(F)F)on3)cc2)CC1. The topological polar surface area (TPSA) is 111 Å². The maximum Gasteiger partial charge on any atom is 0.417 e. The lowest BCUT2D eigenvalue weighted by atomic mass is 9.77. The van der Waals surface area contributed by atoms with Gasteiger partial charge in [-0.2, -0.15) is 13.2 Å². The first-order valence-electron chi connectivity index (χ1n) is 13.0. The van der Waals surface area contributed by atoms with E-state index in [1.54, 1.807) is 0 Å². The molecule has 1 aliphatic rings. The molecule has 4 rings (SSSR count). The van der Waals surface area contributed by atoms with Crippen molar-refractivity contribution in [3.8, 4) is 11.3 Å². The summed E-state index contributed by atoms with van der Waals surface area (Å²) < 4.78 is 49.6. The molecule has 40 heavy (non-hydrogen) atoms. The van der Waals surface area contributed by atoms with E-state index in [9.17, 15) is 27.6 Å². The highest BCUT2D eigenvalue weighted by Gasteiger charge is 2.34. The molecular formula is C29H30F3N3O5. The van der Waals surface area contributed by atoms with E-state index in [1.165, 1.54) is 30.9 Å². The molecule has 2 aromatic carbocycles. The maximum atomic E-state index is 13.3. The van der Waals surface area contributed by atoms with Gasteiger partial charge in [0.15, 0.2) is 11.5 Å². The van der Waals surface area contributed by atoms with Crippen LogP contribution in [0.25, 0.3) is 11.3 Å². The van der Waals surface area contributed by atoms with E-state index in [0.29, 0.717) is 23.9 Å². The number of carbonyl (C=O) groups excluding carboxylic acids is 3. The minimum absolute atomic E-state index is 0.00109. The van der Waals surface area contributed by atoms with Crippen LogP contribution in [0.3, 0.4) is 0 Å². The number of alkyl halides is 3. The van der Waals surface area contributed by atoms with Crippen molar-refractivity contribution in [3.05, 3.63) is 71.4 Å². The van der Waals surface area contributed by atoms with Crippen LogP contribution in [0, 0.1) is 5.92 Å². The highest BCUT2D eigenvalue weighted by atomic mass is 19.4. The summed E-state index contributed by atoms with van der Waals surface area (Å²) in [6.45, 7) is -0.00109. The second-order valence-electron chi connectivity index (χ2n) is 9.79. The Morgan fingerprint density at radius 2 is 1.73 bits per heavy atom. The standard InChI is InChI=1S/C29H30F3N3O5/c1-39-27(37)16-18-6-8-19(9-7-18)20-10-12-21(13-11-20)34-26(36)14-15-33-28(38)24-17-25(40-35-24)22-4-2-3-5-23(22)29(30,31)32/h2-5,10-13,17-19H,6-9,14-16H2,1H3,(H,33,38)(H,34,36)/t18-,19-. The lowest BCUT2D eigenvalue weighted by Gasteiger charge is -2.28. The second kappa shape index (κ2) is 12.8. The summed E-state index contributed by atoms with van der Waals surface area (Å²) in [5, 5.41) is 8.88. The fraction of sp³-hybridized carbons (Fsp3) is 0.379. The number of esters is 1. The molecule has 0 bridgehead atoms. The maximum absolute atomic E-state index is 13.3. The molecule has 1 heterocycles. The van der Waals surface area contributed by atoms with E-state index in [1.807, 2.05) is 24.3 Å². The van der Waals surface area contributed by atoms with Gasteiger partial charge in [0, 0.05) is 36.7 Å². The van der Waals surface area contributed by atoms with E-state index in [0.717, 1.165) is 37.8 Å². The molecule has 1 saturated carbocycles. The lowest BCUT2D eigenvalue weighted by Crippen LogP contribution is -2.27. The Labute approximate surface area is 229 Å². The van der Waals surface area contributed by atoms with Crippen LogP contribution in [0.5, 0.6) is 0 Å². The molecule has 0 aliphatic heterocycles. The minimum atomic E-state index is -4.59. The van der Waals surface area contributed by atoms with Gasteiger partial charge in [-0.05, 0) is 61.3 Å². The van der Waals surface area contributed by atoms with Gasteiger partial charge in [0.2, 0.25) is 5.91 Å². The summed E-state index contributed by atoms with van der Waals surface area (Å²) in [7, 11) is 1.41. The Bertz CT molecular complexity index is 1330. The van der Waals surface area contributed by atoms with E-state index >= 15 is 0 Å². The zero-order chi connectivity index (χ0) is 28.7. The van der Waals surface area contributed by atoms with E-state index in [-0.39, 0.29) is 41.9 Å². The van der Waals surface area contributed by atoms with Crippen molar-refractivity contribution in [1.29, 1.82) is 0 Å². The largest absolute Gasteiger partial charge is 0.469 e. The fourth-order valence-electron chi connectivity index (χ4n) is 4.92. The number of anilines is 1. The molecule has 212 valence electrons. The number of nitrogens with one attached hydrogen (secondary N) is 2. The van der Waals surface area contributed by atoms with Gasteiger partial charge in [-0.1, -0.05) is 35.5 Å².